The maximum absolute atomic E-state index is 11.9. The van der Waals surface area contributed by atoms with Crippen molar-refractivity contribution in [3.8, 4) is 11.8 Å². The van der Waals surface area contributed by atoms with Gasteiger partial charge in [0.05, 0.1) is 6.61 Å². The number of anilines is 1. The van der Waals surface area contributed by atoms with Crippen LogP contribution in [0.5, 0.6) is 0 Å². The first kappa shape index (κ1) is 15.2. The smallest absolute Gasteiger partial charge is 0.291 e. The van der Waals surface area contributed by atoms with Crippen LogP contribution < -0.4 is 5.32 Å². The zero-order chi connectivity index (χ0) is 15.2. The van der Waals surface area contributed by atoms with E-state index >= 15 is 0 Å². The second-order valence-corrected chi connectivity index (χ2v) is 4.74. The molecule has 1 aromatic heterocycles. The summed E-state index contributed by atoms with van der Waals surface area (Å²) in [6.07, 6.45) is 0.442. The van der Waals surface area contributed by atoms with Crippen LogP contribution in [-0.2, 0) is 0 Å². The minimum Gasteiger partial charge on any atom is -0.440 e. The van der Waals surface area contributed by atoms with Crippen LogP contribution in [0.25, 0.3) is 0 Å². The highest BCUT2D eigenvalue weighted by Crippen LogP contribution is 2.17. The van der Waals surface area contributed by atoms with E-state index < -0.39 is 0 Å². The molecule has 0 bridgehead atoms. The highest BCUT2D eigenvalue weighted by Gasteiger charge is 2.11. The Hall–Kier alpha value is -2.22. The van der Waals surface area contributed by atoms with Crippen molar-refractivity contribution in [3.63, 3.8) is 0 Å². The number of halogens is 1. The number of hydrogen-bond acceptors (Lipinski definition) is 3. The van der Waals surface area contributed by atoms with Crippen LogP contribution in [0.1, 0.15) is 28.1 Å². The lowest BCUT2D eigenvalue weighted by Gasteiger charge is -2.05. The number of aliphatic hydroxyl groups excluding tert-OH is 1. The van der Waals surface area contributed by atoms with Crippen LogP contribution in [0.3, 0.4) is 0 Å². The van der Waals surface area contributed by atoms with E-state index in [4.69, 9.17) is 21.1 Å². The van der Waals surface area contributed by atoms with Crippen molar-refractivity contribution in [2.45, 2.75) is 13.3 Å². The number of benzene rings is 1. The average molecular weight is 304 g/mol. The van der Waals surface area contributed by atoms with E-state index in [1.807, 2.05) is 19.1 Å². The van der Waals surface area contributed by atoms with E-state index in [2.05, 4.69) is 17.2 Å². The van der Waals surface area contributed by atoms with E-state index in [1.54, 1.807) is 6.07 Å². The van der Waals surface area contributed by atoms with Crippen molar-refractivity contribution in [2.24, 2.45) is 0 Å². The van der Waals surface area contributed by atoms with Crippen molar-refractivity contribution in [3.05, 3.63) is 52.4 Å². The molecule has 2 rings (SSSR count). The molecule has 108 valence electrons. The summed E-state index contributed by atoms with van der Waals surface area (Å²) in [7, 11) is 0. The average Bonchev–Trinajstić information content (AvgIpc) is 2.88. The summed E-state index contributed by atoms with van der Waals surface area (Å²) in [5.74, 6) is 5.63. The topological polar surface area (TPSA) is 62.5 Å². The Morgan fingerprint density at radius 1 is 1.38 bits per heavy atom. The second kappa shape index (κ2) is 6.98. The summed E-state index contributed by atoms with van der Waals surface area (Å²) in [6, 6.07) is 8.44. The lowest BCUT2D eigenvalue weighted by atomic mass is 10.1. The van der Waals surface area contributed by atoms with E-state index in [0.717, 1.165) is 11.1 Å². The maximum atomic E-state index is 11.9. The number of carbonyl (C=O) groups excluding carboxylic acids is 1. The summed E-state index contributed by atoms with van der Waals surface area (Å²) in [4.78, 5) is 11.9. The normalized spacial score (nSPS) is 9.86. The molecule has 2 aromatic rings. The molecule has 1 amide bonds. The molecule has 21 heavy (non-hydrogen) atoms. The summed E-state index contributed by atoms with van der Waals surface area (Å²) in [5, 5.41) is 11.6. The molecule has 5 heteroatoms. The molecule has 0 unspecified atom stereocenters. The highest BCUT2D eigenvalue weighted by molar-refractivity contribution is 6.29. The first-order chi connectivity index (χ1) is 10.1. The van der Waals surface area contributed by atoms with Gasteiger partial charge in [0.15, 0.2) is 11.0 Å². The number of amides is 1. The Labute approximate surface area is 127 Å². The van der Waals surface area contributed by atoms with Gasteiger partial charge in [0.1, 0.15) is 0 Å². The summed E-state index contributed by atoms with van der Waals surface area (Å²) >= 11 is 5.63. The first-order valence-corrected chi connectivity index (χ1v) is 6.75. The van der Waals surface area contributed by atoms with Gasteiger partial charge in [0, 0.05) is 17.7 Å². The lowest BCUT2D eigenvalue weighted by Crippen LogP contribution is -2.10. The molecular weight excluding hydrogens is 290 g/mol. The first-order valence-electron chi connectivity index (χ1n) is 6.37. The zero-order valence-electron chi connectivity index (χ0n) is 11.4. The van der Waals surface area contributed by atoms with E-state index in [-0.39, 0.29) is 23.5 Å². The number of nitrogens with one attached hydrogen (secondary N) is 1. The summed E-state index contributed by atoms with van der Waals surface area (Å²) in [6.45, 7) is 1.95. The van der Waals surface area contributed by atoms with E-state index in [0.29, 0.717) is 12.1 Å². The Morgan fingerprint density at radius 3 is 2.81 bits per heavy atom. The fourth-order valence-corrected chi connectivity index (χ4v) is 1.87. The SMILES string of the molecule is Cc1cc(NC(=O)c2ccc(Cl)o2)ccc1C#CCCO. The number of aliphatic hydroxyl groups is 1. The van der Waals surface area contributed by atoms with Gasteiger partial charge in [-0.2, -0.15) is 0 Å². The predicted octanol–water partition coefficient (Wildman–Crippen LogP) is 3.23. The molecule has 4 nitrogen and oxygen atoms in total. The zero-order valence-corrected chi connectivity index (χ0v) is 12.2. The predicted molar refractivity (Wildman–Crippen MR) is 81.4 cm³/mol. The number of rotatable bonds is 3. The van der Waals surface area contributed by atoms with Gasteiger partial charge in [-0.15, -0.1) is 0 Å². The Morgan fingerprint density at radius 2 is 2.19 bits per heavy atom. The highest BCUT2D eigenvalue weighted by atomic mass is 35.5. The standard InChI is InChI=1S/C16H14ClNO3/c1-11-10-13(6-5-12(11)4-2-3-9-19)18-16(20)14-7-8-15(17)21-14/h5-8,10,19H,3,9H2,1H3,(H,18,20). The van der Waals surface area contributed by atoms with Crippen molar-refractivity contribution in [1.29, 1.82) is 0 Å². The number of hydrogen-bond donors (Lipinski definition) is 2. The molecule has 0 radical (unpaired) electrons. The minimum absolute atomic E-state index is 0.0475. The molecule has 2 N–H and O–H groups in total. The van der Waals surface area contributed by atoms with Crippen LogP contribution >= 0.6 is 11.6 Å². The third-order valence-electron chi connectivity index (χ3n) is 2.74. The van der Waals surface area contributed by atoms with Gasteiger partial charge in [0.25, 0.3) is 5.91 Å². The van der Waals surface area contributed by atoms with Crippen molar-refractivity contribution in [2.75, 3.05) is 11.9 Å². The fraction of sp³-hybridized carbons (Fsp3) is 0.188. The Kier molecular flexibility index (Phi) is 5.04. The molecule has 0 spiro atoms. The molecule has 0 atom stereocenters. The largest absolute Gasteiger partial charge is 0.440 e. The molecule has 0 aliphatic carbocycles. The second-order valence-electron chi connectivity index (χ2n) is 4.36. The number of furan rings is 1. The third-order valence-corrected chi connectivity index (χ3v) is 2.94. The van der Waals surface area contributed by atoms with Crippen LogP contribution in [0, 0.1) is 18.8 Å². The third kappa shape index (κ3) is 4.12. The van der Waals surface area contributed by atoms with Crippen molar-refractivity contribution < 1.29 is 14.3 Å². The quantitative estimate of drug-likeness (QED) is 0.856. The van der Waals surface area contributed by atoms with Gasteiger partial charge < -0.3 is 14.8 Å². The molecular formula is C16H14ClNO3. The van der Waals surface area contributed by atoms with Crippen LogP contribution in [-0.4, -0.2) is 17.6 Å². The van der Waals surface area contributed by atoms with Crippen molar-refractivity contribution >= 4 is 23.2 Å². The lowest BCUT2D eigenvalue weighted by molar-refractivity contribution is 0.0997. The van der Waals surface area contributed by atoms with E-state index in [1.165, 1.54) is 12.1 Å². The minimum atomic E-state index is -0.361. The van der Waals surface area contributed by atoms with Crippen LogP contribution in [0.4, 0.5) is 5.69 Å². The molecule has 0 fully saturated rings. The summed E-state index contributed by atoms with van der Waals surface area (Å²) < 4.78 is 5.04. The molecule has 1 aromatic carbocycles. The Bertz CT molecular complexity index is 710. The van der Waals surface area contributed by atoms with Crippen LogP contribution in [0.2, 0.25) is 5.22 Å². The van der Waals surface area contributed by atoms with Gasteiger partial charge >= 0.3 is 0 Å². The van der Waals surface area contributed by atoms with E-state index in [9.17, 15) is 4.79 Å². The Balaban J connectivity index is 2.10. The number of aryl methyl sites for hydroxylation is 1. The van der Waals surface area contributed by atoms with Crippen molar-refractivity contribution in [1.82, 2.24) is 0 Å². The fourth-order valence-electron chi connectivity index (χ4n) is 1.72. The number of carbonyl (C=O) groups is 1. The monoisotopic (exact) mass is 303 g/mol. The summed E-state index contributed by atoms with van der Waals surface area (Å²) in [5.41, 5.74) is 2.45. The molecule has 1 heterocycles. The molecule has 0 saturated carbocycles. The van der Waals surface area contributed by atoms with Gasteiger partial charge in [-0.05, 0) is 54.4 Å². The van der Waals surface area contributed by atoms with Gasteiger partial charge in [0.2, 0.25) is 0 Å². The molecule has 0 aliphatic heterocycles. The van der Waals surface area contributed by atoms with Gasteiger partial charge in [-0.25, -0.2) is 0 Å². The molecule has 0 saturated heterocycles. The maximum Gasteiger partial charge on any atom is 0.291 e. The molecule has 0 aliphatic rings. The van der Waals surface area contributed by atoms with Crippen LogP contribution in [0.15, 0.2) is 34.7 Å². The van der Waals surface area contributed by atoms with Gasteiger partial charge in [-0.3, -0.25) is 4.79 Å². The van der Waals surface area contributed by atoms with Gasteiger partial charge in [-0.1, -0.05) is 11.8 Å².